The van der Waals surface area contributed by atoms with Gasteiger partial charge in [0.2, 0.25) is 5.91 Å². The summed E-state index contributed by atoms with van der Waals surface area (Å²) in [6.07, 6.45) is 4.76. The van der Waals surface area contributed by atoms with Gasteiger partial charge in [0.15, 0.2) is 0 Å². The topological polar surface area (TPSA) is 92.9 Å². The molecule has 2 rings (SSSR count). The van der Waals surface area contributed by atoms with Crippen LogP contribution in [0.25, 0.3) is 0 Å². The van der Waals surface area contributed by atoms with Gasteiger partial charge in [-0.25, -0.2) is 5.14 Å². The van der Waals surface area contributed by atoms with Crippen molar-refractivity contribution < 1.29 is 17.9 Å². The highest BCUT2D eigenvalue weighted by atomic mass is 32.2. The normalized spacial score (nSPS) is 25.6. The number of carbonyl (C=O) groups is 1. The third-order valence-electron chi connectivity index (χ3n) is 3.91. The molecule has 2 aliphatic heterocycles. The second kappa shape index (κ2) is 6.84. The van der Waals surface area contributed by atoms with E-state index in [9.17, 15) is 13.2 Å². The smallest absolute Gasteiger partial charge is 0.277 e. The van der Waals surface area contributed by atoms with Crippen molar-refractivity contribution in [2.75, 3.05) is 32.8 Å². The average Bonchev–Trinajstić information content (AvgIpc) is 2.45. The Labute approximate surface area is 120 Å². The van der Waals surface area contributed by atoms with E-state index >= 15 is 0 Å². The largest absolute Gasteiger partial charge is 0.378 e. The van der Waals surface area contributed by atoms with Crippen molar-refractivity contribution in [2.24, 2.45) is 5.14 Å². The number of carbonyl (C=O) groups excluding carboxylic acids is 1. The number of amides is 1. The highest BCUT2D eigenvalue weighted by Gasteiger charge is 2.26. The summed E-state index contributed by atoms with van der Waals surface area (Å²) in [6, 6.07) is 0. The van der Waals surface area contributed by atoms with Gasteiger partial charge in [-0.2, -0.15) is 12.7 Å². The molecule has 0 aromatic rings. The van der Waals surface area contributed by atoms with E-state index < -0.39 is 10.2 Å². The van der Waals surface area contributed by atoms with E-state index in [-0.39, 0.29) is 25.1 Å². The highest BCUT2D eigenvalue weighted by molar-refractivity contribution is 7.86. The van der Waals surface area contributed by atoms with Gasteiger partial charge in [0.25, 0.3) is 10.2 Å². The molecule has 8 heteroatoms. The molecule has 7 nitrogen and oxygen atoms in total. The molecule has 2 N–H and O–H groups in total. The number of rotatable bonds is 4. The van der Waals surface area contributed by atoms with Crippen LogP contribution in [0.1, 0.15) is 32.1 Å². The van der Waals surface area contributed by atoms with Crippen molar-refractivity contribution >= 4 is 16.1 Å². The Balaban J connectivity index is 1.71. The quantitative estimate of drug-likeness (QED) is 0.770. The van der Waals surface area contributed by atoms with Crippen molar-refractivity contribution in [3.8, 4) is 0 Å². The van der Waals surface area contributed by atoms with Crippen LogP contribution in [0, 0.1) is 0 Å². The summed E-state index contributed by atoms with van der Waals surface area (Å²) in [5.74, 6) is 0.0771. The lowest BCUT2D eigenvalue weighted by Crippen LogP contribution is -2.52. The molecule has 2 heterocycles. The Hall–Kier alpha value is -0.700. The Morgan fingerprint density at radius 1 is 1.20 bits per heavy atom. The summed E-state index contributed by atoms with van der Waals surface area (Å²) in [6.45, 7) is 2.20. The molecule has 2 fully saturated rings. The monoisotopic (exact) mass is 305 g/mol. The zero-order valence-corrected chi connectivity index (χ0v) is 12.5. The number of nitrogens with two attached hydrogens (primary N) is 1. The maximum absolute atomic E-state index is 12.1. The van der Waals surface area contributed by atoms with Crippen molar-refractivity contribution in [3.05, 3.63) is 0 Å². The molecule has 0 aliphatic carbocycles. The summed E-state index contributed by atoms with van der Waals surface area (Å²) in [7, 11) is -3.63. The van der Waals surface area contributed by atoms with Gasteiger partial charge in [-0.1, -0.05) is 0 Å². The van der Waals surface area contributed by atoms with Gasteiger partial charge in [0, 0.05) is 39.2 Å². The fraction of sp³-hybridized carbons (Fsp3) is 0.917. The summed E-state index contributed by atoms with van der Waals surface area (Å²) >= 11 is 0. The molecule has 0 saturated carbocycles. The van der Waals surface area contributed by atoms with E-state index in [1.165, 1.54) is 10.7 Å². The van der Waals surface area contributed by atoms with Crippen LogP contribution in [-0.4, -0.2) is 62.4 Å². The van der Waals surface area contributed by atoms with Crippen LogP contribution < -0.4 is 5.14 Å². The molecule has 0 aromatic carbocycles. The lowest BCUT2D eigenvalue weighted by Gasteiger charge is -2.33. The second-order valence-corrected chi connectivity index (χ2v) is 6.90. The summed E-state index contributed by atoms with van der Waals surface area (Å²) in [5, 5.41) is 5.07. The molecule has 0 aromatic heterocycles. The van der Waals surface area contributed by atoms with Gasteiger partial charge in [-0.15, -0.1) is 0 Å². The summed E-state index contributed by atoms with van der Waals surface area (Å²) in [5.41, 5.74) is 0. The van der Waals surface area contributed by atoms with Crippen molar-refractivity contribution in [1.82, 2.24) is 9.21 Å². The first-order valence-corrected chi connectivity index (χ1v) is 8.64. The maximum atomic E-state index is 12.1. The van der Waals surface area contributed by atoms with E-state index in [1.807, 2.05) is 0 Å². The zero-order valence-electron chi connectivity index (χ0n) is 11.7. The van der Waals surface area contributed by atoms with Gasteiger partial charge in [0.05, 0.1) is 6.10 Å². The van der Waals surface area contributed by atoms with Crippen LogP contribution in [0.2, 0.25) is 0 Å². The van der Waals surface area contributed by atoms with Gasteiger partial charge in [0.1, 0.15) is 0 Å². The molecule has 2 aliphatic rings. The molecule has 20 heavy (non-hydrogen) atoms. The third kappa shape index (κ3) is 4.41. The molecule has 0 spiro atoms. The van der Waals surface area contributed by atoms with Crippen molar-refractivity contribution in [2.45, 2.75) is 38.2 Å². The highest BCUT2D eigenvalue weighted by Crippen LogP contribution is 2.18. The number of nitrogens with zero attached hydrogens (tertiary/aromatic N) is 2. The number of hydrogen-bond donors (Lipinski definition) is 1. The van der Waals surface area contributed by atoms with E-state index in [0.29, 0.717) is 19.5 Å². The standard InChI is InChI=1S/C12H23N3O4S/c13-20(17,18)15-8-6-14(7-9-15)12(16)5-4-11-3-1-2-10-19-11/h11H,1-10H2,(H2,13,17,18). The Morgan fingerprint density at radius 3 is 2.45 bits per heavy atom. The van der Waals surface area contributed by atoms with E-state index in [4.69, 9.17) is 9.88 Å². The SMILES string of the molecule is NS(=O)(=O)N1CCN(C(=O)CCC2CCCCO2)CC1. The Bertz CT molecular complexity index is 426. The summed E-state index contributed by atoms with van der Waals surface area (Å²) in [4.78, 5) is 13.8. The lowest BCUT2D eigenvalue weighted by molar-refractivity contribution is -0.133. The molecular formula is C12H23N3O4S. The van der Waals surface area contributed by atoms with Gasteiger partial charge < -0.3 is 9.64 Å². The Kier molecular flexibility index (Phi) is 5.36. The van der Waals surface area contributed by atoms with Gasteiger partial charge in [-0.05, 0) is 25.7 Å². The second-order valence-electron chi connectivity index (χ2n) is 5.35. The molecule has 116 valence electrons. The maximum Gasteiger partial charge on any atom is 0.277 e. The molecule has 2 saturated heterocycles. The number of piperazine rings is 1. The van der Waals surface area contributed by atoms with Crippen LogP contribution in [0.5, 0.6) is 0 Å². The average molecular weight is 305 g/mol. The predicted octanol–water partition coefficient (Wildman–Crippen LogP) is -0.317. The van der Waals surface area contributed by atoms with Crippen LogP contribution >= 0.6 is 0 Å². The molecule has 0 radical (unpaired) electrons. The third-order valence-corrected chi connectivity index (χ3v) is 4.99. The van der Waals surface area contributed by atoms with Crippen molar-refractivity contribution in [1.29, 1.82) is 0 Å². The van der Waals surface area contributed by atoms with E-state index in [1.54, 1.807) is 4.90 Å². The lowest BCUT2D eigenvalue weighted by atomic mass is 10.0. The van der Waals surface area contributed by atoms with E-state index in [2.05, 4.69) is 0 Å². The zero-order chi connectivity index (χ0) is 14.6. The van der Waals surface area contributed by atoms with Gasteiger partial charge >= 0.3 is 0 Å². The minimum Gasteiger partial charge on any atom is -0.378 e. The molecule has 1 amide bonds. The fourth-order valence-corrected chi connectivity index (χ4v) is 3.34. The summed E-state index contributed by atoms with van der Waals surface area (Å²) < 4.78 is 29.2. The minimum atomic E-state index is -3.63. The molecule has 0 bridgehead atoms. The fourth-order valence-electron chi connectivity index (χ4n) is 2.67. The van der Waals surface area contributed by atoms with Crippen molar-refractivity contribution in [3.63, 3.8) is 0 Å². The number of hydrogen-bond acceptors (Lipinski definition) is 4. The minimum absolute atomic E-state index is 0.0771. The van der Waals surface area contributed by atoms with Crippen LogP contribution in [0.3, 0.4) is 0 Å². The predicted molar refractivity (Wildman–Crippen MR) is 74.1 cm³/mol. The van der Waals surface area contributed by atoms with Crippen LogP contribution in [0.15, 0.2) is 0 Å². The first kappa shape index (κ1) is 15.7. The molecule has 1 atom stereocenters. The first-order chi connectivity index (χ1) is 9.47. The van der Waals surface area contributed by atoms with Gasteiger partial charge in [-0.3, -0.25) is 4.79 Å². The molecular weight excluding hydrogens is 282 g/mol. The molecule has 1 unspecified atom stereocenters. The Morgan fingerprint density at radius 2 is 1.90 bits per heavy atom. The van der Waals surface area contributed by atoms with Crippen LogP contribution in [-0.2, 0) is 19.7 Å². The van der Waals surface area contributed by atoms with E-state index in [0.717, 1.165) is 25.9 Å². The van der Waals surface area contributed by atoms with Crippen LogP contribution in [0.4, 0.5) is 0 Å². The first-order valence-electron chi connectivity index (χ1n) is 7.14. The number of ether oxygens (including phenoxy) is 1.